The van der Waals surface area contributed by atoms with Crippen LogP contribution in [-0.2, 0) is 0 Å². The van der Waals surface area contributed by atoms with Crippen LogP contribution in [0.1, 0.15) is 82.6 Å². The maximum absolute atomic E-state index is 15.2. The highest BCUT2D eigenvalue weighted by Crippen LogP contribution is 2.41. The van der Waals surface area contributed by atoms with Gasteiger partial charge in [0.15, 0.2) is 22.7 Å². The van der Waals surface area contributed by atoms with E-state index in [0.29, 0.717) is 28.9 Å². The van der Waals surface area contributed by atoms with E-state index in [2.05, 4.69) is 6.92 Å². The molecule has 0 saturated heterocycles. The lowest BCUT2D eigenvalue weighted by molar-refractivity contribution is 0.174. The van der Waals surface area contributed by atoms with Gasteiger partial charge in [-0.3, -0.25) is 0 Å². The van der Waals surface area contributed by atoms with Gasteiger partial charge < -0.3 is 9.15 Å². The molecule has 0 spiro atoms. The summed E-state index contributed by atoms with van der Waals surface area (Å²) in [7, 11) is 0. The van der Waals surface area contributed by atoms with Crippen LogP contribution >= 0.6 is 0 Å². The van der Waals surface area contributed by atoms with Crippen molar-refractivity contribution in [1.29, 1.82) is 0 Å². The van der Waals surface area contributed by atoms with E-state index < -0.39 is 5.82 Å². The molecule has 5 rings (SSSR count). The molecule has 2 aromatic carbocycles. The molecule has 2 nitrogen and oxygen atoms in total. The average molecular weight is 427 g/mol. The first kappa shape index (κ1) is 20.8. The van der Waals surface area contributed by atoms with Crippen molar-refractivity contribution in [3.63, 3.8) is 0 Å². The summed E-state index contributed by atoms with van der Waals surface area (Å²) in [5, 5.41) is 1.24. The summed E-state index contributed by atoms with van der Waals surface area (Å²) in [5.41, 5.74) is 0.978. The van der Waals surface area contributed by atoms with Crippen LogP contribution in [0.4, 0.5) is 8.78 Å². The van der Waals surface area contributed by atoms with Gasteiger partial charge in [-0.05, 0) is 67.2 Å². The van der Waals surface area contributed by atoms with Crippen LogP contribution in [0.2, 0.25) is 0 Å². The number of furan rings is 1. The topological polar surface area (TPSA) is 22.4 Å². The zero-order valence-corrected chi connectivity index (χ0v) is 18.4. The molecular weight excluding hydrogens is 394 g/mol. The average Bonchev–Trinajstić information content (AvgIpc) is 3.44. The second kappa shape index (κ2) is 8.80. The van der Waals surface area contributed by atoms with E-state index in [-0.39, 0.29) is 28.7 Å². The number of hydrogen-bond acceptors (Lipinski definition) is 2. The number of benzene rings is 2. The molecule has 2 fully saturated rings. The van der Waals surface area contributed by atoms with Crippen molar-refractivity contribution in [2.45, 2.75) is 77.0 Å². The van der Waals surface area contributed by atoms with Gasteiger partial charge in [0.2, 0.25) is 5.82 Å². The maximum atomic E-state index is 15.2. The third kappa shape index (κ3) is 3.94. The van der Waals surface area contributed by atoms with Crippen LogP contribution in [0.25, 0.3) is 21.9 Å². The second-order valence-corrected chi connectivity index (χ2v) is 9.67. The Hall–Kier alpha value is -2.10. The van der Waals surface area contributed by atoms with Crippen LogP contribution in [-0.4, -0.2) is 6.61 Å². The predicted molar refractivity (Wildman–Crippen MR) is 121 cm³/mol. The first-order valence-corrected chi connectivity index (χ1v) is 12.1. The van der Waals surface area contributed by atoms with Gasteiger partial charge in [-0.15, -0.1) is 0 Å². The molecule has 1 heterocycles. The number of ether oxygens (including phenoxy) is 1. The van der Waals surface area contributed by atoms with Crippen molar-refractivity contribution in [3.05, 3.63) is 41.5 Å². The molecule has 0 radical (unpaired) electrons. The fraction of sp³-hybridized carbons (Fsp3) is 0.556. The Morgan fingerprint density at radius 3 is 2.19 bits per heavy atom. The first-order valence-electron chi connectivity index (χ1n) is 12.1. The van der Waals surface area contributed by atoms with Gasteiger partial charge in [-0.25, -0.2) is 4.39 Å². The molecule has 4 heteroatoms. The highest BCUT2D eigenvalue weighted by atomic mass is 19.1. The lowest BCUT2D eigenvalue weighted by Gasteiger charge is -2.28. The third-order valence-corrected chi connectivity index (χ3v) is 7.62. The largest absolute Gasteiger partial charge is 0.490 e. The third-order valence-electron chi connectivity index (χ3n) is 7.62. The van der Waals surface area contributed by atoms with E-state index in [1.807, 2.05) is 12.1 Å². The van der Waals surface area contributed by atoms with Crippen molar-refractivity contribution in [2.24, 2.45) is 11.8 Å². The van der Waals surface area contributed by atoms with Gasteiger partial charge in [0, 0.05) is 10.8 Å². The van der Waals surface area contributed by atoms with Gasteiger partial charge in [-0.2, -0.15) is 4.39 Å². The molecule has 31 heavy (non-hydrogen) atoms. The van der Waals surface area contributed by atoms with Gasteiger partial charge in [-0.1, -0.05) is 51.5 Å². The monoisotopic (exact) mass is 426 g/mol. The summed E-state index contributed by atoms with van der Waals surface area (Å²) in [6, 6.07) is 7.21. The van der Waals surface area contributed by atoms with E-state index in [1.165, 1.54) is 25.7 Å². The molecular formula is C27H32F2O2. The van der Waals surface area contributed by atoms with Crippen LogP contribution in [0, 0.1) is 23.5 Å². The summed E-state index contributed by atoms with van der Waals surface area (Å²) < 4.78 is 42.1. The standard InChI is InChI=1S/C27H32F2O2/c1-2-5-17-8-10-18(11-9-17)16-30-23-15-14-22-21-13-12-20(19-6-3-4-7-19)24(28)26(21)31-27(22)25(23)29/h12-15,17-19H,2-11,16H2,1H3. The first-order chi connectivity index (χ1) is 15.2. The fourth-order valence-corrected chi connectivity index (χ4v) is 5.80. The van der Waals surface area contributed by atoms with Crippen LogP contribution in [0.5, 0.6) is 5.75 Å². The second-order valence-electron chi connectivity index (χ2n) is 9.67. The number of halogens is 2. The minimum atomic E-state index is -0.518. The Morgan fingerprint density at radius 2 is 1.48 bits per heavy atom. The quantitative estimate of drug-likeness (QED) is 0.394. The van der Waals surface area contributed by atoms with Crippen molar-refractivity contribution in [1.82, 2.24) is 0 Å². The molecule has 2 saturated carbocycles. The highest BCUT2D eigenvalue weighted by Gasteiger charge is 2.26. The zero-order chi connectivity index (χ0) is 21.4. The molecule has 0 N–H and O–H groups in total. The zero-order valence-electron chi connectivity index (χ0n) is 18.4. The molecule has 1 aromatic heterocycles. The van der Waals surface area contributed by atoms with Crippen molar-refractivity contribution in [3.8, 4) is 5.75 Å². The van der Waals surface area contributed by atoms with E-state index in [0.717, 1.165) is 44.4 Å². The number of hydrogen-bond donors (Lipinski definition) is 0. The summed E-state index contributed by atoms with van der Waals surface area (Å²) in [6.45, 7) is 2.77. The molecule has 0 aliphatic heterocycles. The lowest BCUT2D eigenvalue weighted by atomic mass is 9.80. The SMILES string of the molecule is CCCC1CCC(COc2ccc3c(oc4c(F)c(C5CCCC5)ccc43)c2F)CC1. The van der Waals surface area contributed by atoms with Crippen molar-refractivity contribution >= 4 is 21.9 Å². The van der Waals surface area contributed by atoms with Crippen molar-refractivity contribution in [2.75, 3.05) is 6.61 Å². The van der Waals surface area contributed by atoms with Crippen molar-refractivity contribution < 1.29 is 17.9 Å². The van der Waals surface area contributed by atoms with Crippen LogP contribution in [0.15, 0.2) is 28.7 Å². The number of fused-ring (bicyclic) bond motifs is 3. The normalized spacial score (nSPS) is 22.5. The van der Waals surface area contributed by atoms with E-state index in [9.17, 15) is 0 Å². The molecule has 0 unspecified atom stereocenters. The predicted octanol–water partition coefficient (Wildman–Crippen LogP) is 8.51. The Labute approximate surface area is 182 Å². The molecule has 0 bridgehead atoms. The summed E-state index contributed by atoms with van der Waals surface area (Å²) in [6.07, 6.45) is 11.6. The summed E-state index contributed by atoms with van der Waals surface area (Å²) >= 11 is 0. The molecule has 2 aliphatic carbocycles. The van der Waals surface area contributed by atoms with E-state index in [1.54, 1.807) is 12.1 Å². The molecule has 3 aromatic rings. The smallest absolute Gasteiger partial charge is 0.208 e. The minimum absolute atomic E-state index is 0.0987. The van der Waals surface area contributed by atoms with Gasteiger partial charge in [0.25, 0.3) is 0 Å². The summed E-state index contributed by atoms with van der Waals surface area (Å²) in [4.78, 5) is 0. The molecule has 2 aliphatic rings. The Bertz CT molecular complexity index is 1060. The fourth-order valence-electron chi connectivity index (χ4n) is 5.80. The molecule has 0 amide bonds. The Balaban J connectivity index is 1.36. The van der Waals surface area contributed by atoms with Gasteiger partial charge in [0.05, 0.1) is 6.61 Å². The van der Waals surface area contributed by atoms with Gasteiger partial charge in [0.1, 0.15) is 0 Å². The lowest BCUT2D eigenvalue weighted by Crippen LogP contribution is -2.20. The Kier molecular flexibility index (Phi) is 5.90. The summed E-state index contributed by atoms with van der Waals surface area (Å²) in [5.74, 6) is 0.924. The Morgan fingerprint density at radius 1 is 0.839 bits per heavy atom. The van der Waals surface area contributed by atoms with Gasteiger partial charge >= 0.3 is 0 Å². The van der Waals surface area contributed by atoms with Crippen LogP contribution in [0.3, 0.4) is 0 Å². The van der Waals surface area contributed by atoms with E-state index in [4.69, 9.17) is 9.15 Å². The van der Waals surface area contributed by atoms with Crippen LogP contribution < -0.4 is 4.74 Å². The number of rotatable bonds is 6. The molecule has 166 valence electrons. The highest BCUT2D eigenvalue weighted by molar-refractivity contribution is 6.05. The molecule has 0 atom stereocenters. The minimum Gasteiger partial charge on any atom is -0.490 e. The van der Waals surface area contributed by atoms with E-state index >= 15 is 8.78 Å². The maximum Gasteiger partial charge on any atom is 0.208 e.